The quantitative estimate of drug-likeness (QED) is 0.777. The first-order valence-electron chi connectivity index (χ1n) is 10.8. The fraction of sp³-hybridized carbons (Fsp3) is 0.500. The van der Waals surface area contributed by atoms with E-state index in [2.05, 4.69) is 23.0 Å². The Balaban J connectivity index is 1.57. The zero-order valence-corrected chi connectivity index (χ0v) is 17.3. The highest BCUT2D eigenvalue weighted by Gasteiger charge is 2.65. The van der Waals surface area contributed by atoms with Crippen LogP contribution in [0, 0.1) is 5.92 Å². The summed E-state index contributed by atoms with van der Waals surface area (Å²) in [6.45, 7) is 1.01. The fourth-order valence-electron chi connectivity index (χ4n) is 7.05. The number of carbonyl (C=O) groups is 1. The van der Waals surface area contributed by atoms with Crippen LogP contribution in [0.4, 0.5) is 0 Å². The first-order chi connectivity index (χ1) is 14.6. The highest BCUT2D eigenvalue weighted by atomic mass is 16.5. The van der Waals surface area contributed by atoms with Crippen LogP contribution in [0.3, 0.4) is 0 Å². The van der Waals surface area contributed by atoms with Gasteiger partial charge in [0.2, 0.25) is 0 Å². The molecule has 6 heteroatoms. The Kier molecular flexibility index (Phi) is 3.76. The molecule has 0 amide bonds. The van der Waals surface area contributed by atoms with Gasteiger partial charge >= 0.3 is 0 Å². The Morgan fingerprint density at radius 1 is 1.33 bits per heavy atom. The van der Waals surface area contributed by atoms with Gasteiger partial charge in [-0.05, 0) is 69.0 Å². The average Bonchev–Trinajstić information content (AvgIpc) is 3.11. The second kappa shape index (κ2) is 6.20. The van der Waals surface area contributed by atoms with E-state index in [4.69, 9.17) is 9.47 Å². The van der Waals surface area contributed by atoms with Gasteiger partial charge in [0.05, 0.1) is 18.8 Å². The monoisotopic (exact) mass is 405 g/mol. The van der Waals surface area contributed by atoms with Crippen LogP contribution in [-0.4, -0.2) is 48.7 Å². The Morgan fingerprint density at radius 2 is 2.20 bits per heavy atom. The third-order valence-corrected chi connectivity index (χ3v) is 8.21. The molecule has 5 atom stereocenters. The van der Waals surface area contributed by atoms with Crippen LogP contribution in [-0.2, 0) is 11.8 Å². The van der Waals surface area contributed by atoms with E-state index < -0.39 is 5.97 Å². The number of benzene rings is 1. The van der Waals surface area contributed by atoms with Crippen molar-refractivity contribution in [3.63, 3.8) is 0 Å². The lowest BCUT2D eigenvalue weighted by Gasteiger charge is -2.59. The lowest BCUT2D eigenvalue weighted by atomic mass is 9.49. The van der Waals surface area contributed by atoms with Crippen molar-refractivity contribution < 1.29 is 19.4 Å². The number of carbonyl (C=O) groups excluding carboxylic acids is 1. The Hall–Kier alpha value is -2.60. The number of nitrogens with zero attached hydrogens (tertiary/aromatic N) is 2. The predicted molar refractivity (Wildman–Crippen MR) is 108 cm³/mol. The van der Waals surface area contributed by atoms with Gasteiger partial charge in [-0.2, -0.15) is 0 Å². The van der Waals surface area contributed by atoms with E-state index in [9.17, 15) is 9.90 Å². The second-order valence-electron chi connectivity index (χ2n) is 9.23. The van der Waals surface area contributed by atoms with E-state index in [1.54, 1.807) is 25.4 Å². The number of pyridine rings is 1. The van der Waals surface area contributed by atoms with Crippen molar-refractivity contribution in [3.05, 3.63) is 52.8 Å². The highest BCUT2D eigenvalue weighted by molar-refractivity contribution is 5.87. The molecule has 1 aromatic carbocycles. The number of methoxy groups -OCH3 is 1. The number of aromatic nitrogens is 1. The molecule has 30 heavy (non-hydrogen) atoms. The molecule has 1 aromatic heterocycles. The van der Waals surface area contributed by atoms with E-state index in [1.165, 1.54) is 11.1 Å². The molecular formula is C24H25N2O4-. The van der Waals surface area contributed by atoms with Gasteiger partial charge in [-0.25, -0.2) is 0 Å². The van der Waals surface area contributed by atoms with Crippen LogP contribution >= 0.6 is 0 Å². The molecule has 156 valence electrons. The minimum Gasteiger partial charge on any atom is -0.545 e. The Morgan fingerprint density at radius 3 is 3.00 bits per heavy atom. The molecule has 1 spiro atoms. The third-order valence-electron chi connectivity index (χ3n) is 8.21. The minimum absolute atomic E-state index is 0.0811. The number of aromatic carboxylic acids is 1. The van der Waals surface area contributed by atoms with Gasteiger partial charge in [0, 0.05) is 34.7 Å². The van der Waals surface area contributed by atoms with E-state index in [1.807, 2.05) is 6.07 Å². The number of piperidine rings is 1. The third kappa shape index (κ3) is 2.12. The number of rotatable bonds is 3. The number of carboxylic acids is 1. The maximum absolute atomic E-state index is 11.8. The zero-order chi connectivity index (χ0) is 20.6. The van der Waals surface area contributed by atoms with Crippen LogP contribution in [0.5, 0.6) is 11.5 Å². The summed E-state index contributed by atoms with van der Waals surface area (Å²) in [6.07, 6.45) is 5.49. The fourth-order valence-corrected chi connectivity index (χ4v) is 7.05. The van der Waals surface area contributed by atoms with Crippen LogP contribution in [0.2, 0.25) is 0 Å². The Labute approximate surface area is 175 Å². The van der Waals surface area contributed by atoms with Crippen LogP contribution < -0.4 is 14.6 Å². The normalized spacial score (nSPS) is 33.5. The highest BCUT2D eigenvalue weighted by Crippen LogP contribution is 2.66. The number of likely N-dealkylation sites (tertiary alicyclic amines) is 1. The van der Waals surface area contributed by atoms with Crippen molar-refractivity contribution in [2.45, 2.75) is 49.2 Å². The molecular weight excluding hydrogens is 380 g/mol. The lowest BCUT2D eigenvalue weighted by molar-refractivity contribution is -0.255. The van der Waals surface area contributed by atoms with Gasteiger partial charge in [0.15, 0.2) is 11.5 Å². The molecule has 0 radical (unpaired) electrons. The molecule has 6 rings (SSSR count). The number of carboxylic acid groups (broad SMARTS) is 1. The number of hydrogen-bond donors (Lipinski definition) is 0. The maximum Gasteiger partial charge on any atom is 0.165 e. The largest absolute Gasteiger partial charge is 0.545 e. The molecule has 2 fully saturated rings. The summed E-state index contributed by atoms with van der Waals surface area (Å²) in [7, 11) is 3.92. The van der Waals surface area contributed by atoms with Crippen LogP contribution in [0.15, 0.2) is 30.5 Å². The second-order valence-corrected chi connectivity index (χ2v) is 9.23. The lowest BCUT2D eigenvalue weighted by Crippen LogP contribution is -2.64. The van der Waals surface area contributed by atoms with Gasteiger partial charge in [-0.1, -0.05) is 6.07 Å². The van der Waals surface area contributed by atoms with Crippen molar-refractivity contribution in [1.82, 2.24) is 9.88 Å². The van der Waals surface area contributed by atoms with E-state index in [0.717, 1.165) is 43.7 Å². The molecule has 2 aliphatic carbocycles. The summed E-state index contributed by atoms with van der Waals surface area (Å²) in [4.78, 5) is 18.9. The number of ether oxygens (including phenoxy) is 2. The Bertz CT molecular complexity index is 1050. The minimum atomic E-state index is -1.17. The van der Waals surface area contributed by atoms with Gasteiger partial charge < -0.3 is 24.3 Å². The van der Waals surface area contributed by atoms with Gasteiger partial charge in [-0.3, -0.25) is 4.98 Å². The van der Waals surface area contributed by atoms with Crippen molar-refractivity contribution in [1.29, 1.82) is 0 Å². The summed E-state index contributed by atoms with van der Waals surface area (Å²) >= 11 is 0. The first kappa shape index (κ1) is 18.2. The van der Waals surface area contributed by atoms with Crippen LogP contribution in [0.25, 0.3) is 0 Å². The molecule has 1 saturated carbocycles. The van der Waals surface area contributed by atoms with Crippen molar-refractivity contribution in [2.24, 2.45) is 5.92 Å². The predicted octanol–water partition coefficient (Wildman–Crippen LogP) is 1.91. The molecule has 3 heterocycles. The molecule has 4 aliphatic rings. The molecule has 2 bridgehead atoms. The summed E-state index contributed by atoms with van der Waals surface area (Å²) < 4.78 is 12.4. The summed E-state index contributed by atoms with van der Waals surface area (Å²) in [5.41, 5.74) is 3.34. The molecule has 2 aromatic rings. The SMILES string of the molecule is COc1ccc2c3c1O[C@H]1[C@@H](c4ncccc4C(=O)[O-])CC[C@H]4[C@@H](C2)N(C)CC[C@@]341. The van der Waals surface area contributed by atoms with Gasteiger partial charge in [-0.15, -0.1) is 0 Å². The molecule has 2 aliphatic heterocycles. The van der Waals surface area contributed by atoms with Crippen molar-refractivity contribution >= 4 is 5.97 Å². The summed E-state index contributed by atoms with van der Waals surface area (Å²) in [5.74, 6) is 0.881. The molecule has 6 nitrogen and oxygen atoms in total. The van der Waals surface area contributed by atoms with Crippen molar-refractivity contribution in [3.8, 4) is 11.5 Å². The van der Waals surface area contributed by atoms with E-state index in [0.29, 0.717) is 17.7 Å². The van der Waals surface area contributed by atoms with Crippen molar-refractivity contribution in [2.75, 3.05) is 20.7 Å². The first-order valence-corrected chi connectivity index (χ1v) is 10.8. The smallest absolute Gasteiger partial charge is 0.165 e. The van der Waals surface area contributed by atoms with Gasteiger partial charge in [0.1, 0.15) is 6.10 Å². The van der Waals surface area contributed by atoms with Gasteiger partial charge in [0.25, 0.3) is 0 Å². The zero-order valence-electron chi connectivity index (χ0n) is 17.3. The van der Waals surface area contributed by atoms with Crippen LogP contribution in [0.1, 0.15) is 52.4 Å². The summed E-state index contributed by atoms with van der Waals surface area (Å²) in [6, 6.07) is 7.97. The number of likely N-dealkylation sites (N-methyl/N-ethyl adjacent to an activating group) is 1. The van der Waals surface area contributed by atoms with E-state index in [-0.39, 0.29) is 23.0 Å². The topological polar surface area (TPSA) is 74.7 Å². The number of hydrogen-bond acceptors (Lipinski definition) is 6. The maximum atomic E-state index is 11.8. The standard InChI is InChI=1S/C24H26N2O4/c1-26-11-9-24-16-7-6-14(20-15(23(27)28)4-3-10-25-20)22(24)30-21-18(29-2)8-5-13(19(21)24)12-17(16)26/h3-5,8,10,14,16-17,22H,6-7,9,11-12H2,1-2H3,(H,27,28)/p-1/t14-,16+,17-,22+,24+/m1/s1. The molecule has 1 saturated heterocycles. The molecule has 0 unspecified atom stereocenters. The van der Waals surface area contributed by atoms with E-state index >= 15 is 0 Å². The summed E-state index contributed by atoms with van der Waals surface area (Å²) in [5, 5.41) is 11.8. The molecule has 0 N–H and O–H groups in total. The average molecular weight is 405 g/mol.